The summed E-state index contributed by atoms with van der Waals surface area (Å²) in [6.45, 7) is 0. The summed E-state index contributed by atoms with van der Waals surface area (Å²) in [4.78, 5) is 0.725. The minimum atomic E-state index is 0. The van der Waals surface area contributed by atoms with E-state index in [4.69, 9.17) is 17.3 Å². The number of anilines is 1. The summed E-state index contributed by atoms with van der Waals surface area (Å²) in [5.41, 5.74) is 6.02. The van der Waals surface area contributed by atoms with Crippen LogP contribution >= 0.6 is 24.2 Å². The van der Waals surface area contributed by atoms with Gasteiger partial charge < -0.3 is 5.73 Å². The molecule has 0 saturated heterocycles. The third-order valence-corrected chi connectivity index (χ3v) is 1.75. The van der Waals surface area contributed by atoms with E-state index >= 15 is 0 Å². The van der Waals surface area contributed by atoms with Crippen molar-refractivity contribution < 1.29 is 0 Å². The summed E-state index contributed by atoms with van der Waals surface area (Å²) in [6, 6.07) is 5.34. The fraction of sp³-hybridized carbons (Fsp3) is 0. The van der Waals surface area contributed by atoms with Crippen LogP contribution in [0.5, 0.6) is 0 Å². The predicted octanol–water partition coefficient (Wildman–Crippen LogP) is 1.83. The number of nitrogen functional groups attached to an aromatic ring is 1. The van der Waals surface area contributed by atoms with Gasteiger partial charge in [-0.1, -0.05) is 17.7 Å². The number of nitrogens with two attached hydrogens (primary N) is 1. The Balaban J connectivity index is 0.000000810. The number of hydrogen-bond acceptors (Lipinski definition) is 2. The number of para-hydroxylation sites is 1. The molecule has 1 radical (unpaired) electrons. The van der Waals surface area contributed by atoms with E-state index in [9.17, 15) is 0 Å². The van der Waals surface area contributed by atoms with E-state index in [0.29, 0.717) is 10.7 Å². The number of hydrogen-bond donors (Lipinski definition) is 2. The molecule has 0 amide bonds. The van der Waals surface area contributed by atoms with Crippen molar-refractivity contribution in [2.45, 2.75) is 4.90 Å². The van der Waals surface area contributed by atoms with Gasteiger partial charge in [0.1, 0.15) is 0 Å². The van der Waals surface area contributed by atoms with E-state index < -0.39 is 0 Å². The quantitative estimate of drug-likeness (QED) is 0.371. The Bertz CT molecular complexity index is 209. The Morgan fingerprint density at radius 2 is 2.00 bits per heavy atom. The molecular formula is C6H6ClKNS. The zero-order valence-electron chi connectivity index (χ0n) is 5.63. The second-order valence-corrected chi connectivity index (χ2v) is 2.56. The minimum absolute atomic E-state index is 0. The molecule has 49 valence electrons. The first-order valence-electron chi connectivity index (χ1n) is 2.45. The van der Waals surface area contributed by atoms with Crippen molar-refractivity contribution in [3.63, 3.8) is 0 Å². The zero-order valence-corrected chi connectivity index (χ0v) is 10.4. The van der Waals surface area contributed by atoms with Crippen molar-refractivity contribution in [1.82, 2.24) is 0 Å². The van der Waals surface area contributed by atoms with Crippen LogP contribution in [0.3, 0.4) is 0 Å². The van der Waals surface area contributed by atoms with Gasteiger partial charge in [-0.3, -0.25) is 0 Å². The predicted molar refractivity (Wildman–Crippen MR) is 48.9 cm³/mol. The molecule has 0 atom stereocenters. The SMILES string of the molecule is Nc1c(S)cccc1Cl.[K]. The summed E-state index contributed by atoms with van der Waals surface area (Å²) in [7, 11) is 0. The van der Waals surface area contributed by atoms with E-state index in [1.165, 1.54) is 0 Å². The molecule has 0 heterocycles. The van der Waals surface area contributed by atoms with Crippen LogP contribution in [0.1, 0.15) is 0 Å². The number of halogens is 1. The first-order chi connectivity index (χ1) is 4.22. The molecular weight excluding hydrogens is 193 g/mol. The van der Waals surface area contributed by atoms with Gasteiger partial charge in [0, 0.05) is 56.3 Å². The van der Waals surface area contributed by atoms with Crippen LogP contribution in [0.25, 0.3) is 0 Å². The van der Waals surface area contributed by atoms with Crippen molar-refractivity contribution in [3.05, 3.63) is 23.2 Å². The van der Waals surface area contributed by atoms with Crippen LogP contribution in [-0.2, 0) is 0 Å². The summed E-state index contributed by atoms with van der Waals surface area (Å²) in [6.07, 6.45) is 0. The first kappa shape index (κ1) is 11.3. The van der Waals surface area contributed by atoms with Gasteiger partial charge in [-0.05, 0) is 12.1 Å². The van der Waals surface area contributed by atoms with Gasteiger partial charge in [-0.25, -0.2) is 0 Å². The maximum absolute atomic E-state index is 5.64. The molecule has 0 aliphatic carbocycles. The molecule has 1 nitrogen and oxygen atoms in total. The summed E-state index contributed by atoms with van der Waals surface area (Å²) >= 11 is 9.70. The molecule has 0 unspecified atom stereocenters. The smallest absolute Gasteiger partial charge is 0.0646 e. The Hall–Kier alpha value is 1.30. The molecule has 0 saturated carbocycles. The van der Waals surface area contributed by atoms with Crippen LogP contribution in [-0.4, -0.2) is 51.4 Å². The molecule has 1 rings (SSSR count). The largest absolute Gasteiger partial charge is 0.397 e. The van der Waals surface area contributed by atoms with Crippen LogP contribution in [0.4, 0.5) is 5.69 Å². The van der Waals surface area contributed by atoms with Crippen molar-refractivity contribution in [1.29, 1.82) is 0 Å². The average molecular weight is 199 g/mol. The Kier molecular flexibility index (Phi) is 5.69. The average Bonchev–Trinajstić information content (AvgIpc) is 1.83. The Morgan fingerprint density at radius 3 is 2.40 bits per heavy atom. The number of benzene rings is 1. The fourth-order valence-corrected chi connectivity index (χ4v) is 0.973. The summed E-state index contributed by atoms with van der Waals surface area (Å²) in [5, 5.41) is 0.558. The van der Waals surface area contributed by atoms with E-state index in [2.05, 4.69) is 12.6 Å². The van der Waals surface area contributed by atoms with Gasteiger partial charge in [0.2, 0.25) is 0 Å². The molecule has 4 heteroatoms. The molecule has 0 spiro atoms. The maximum atomic E-state index is 5.64. The standard InChI is InChI=1S/C6H6ClNS.K/c7-4-2-1-3-5(9)6(4)8;/h1-3,9H,8H2;. The minimum Gasteiger partial charge on any atom is -0.397 e. The molecule has 0 fully saturated rings. The first-order valence-corrected chi connectivity index (χ1v) is 3.27. The second kappa shape index (κ2) is 5.03. The van der Waals surface area contributed by atoms with Gasteiger partial charge in [0.25, 0.3) is 0 Å². The third kappa shape index (κ3) is 2.73. The molecule has 1 aromatic carbocycles. The zero-order chi connectivity index (χ0) is 6.85. The normalized spacial score (nSPS) is 8.60. The third-order valence-electron chi connectivity index (χ3n) is 1.03. The van der Waals surface area contributed by atoms with Crippen molar-refractivity contribution in [3.8, 4) is 0 Å². The van der Waals surface area contributed by atoms with E-state index in [1.54, 1.807) is 18.2 Å². The maximum Gasteiger partial charge on any atom is 0.0646 e. The van der Waals surface area contributed by atoms with Crippen LogP contribution in [0, 0.1) is 0 Å². The molecule has 2 N–H and O–H groups in total. The van der Waals surface area contributed by atoms with Gasteiger partial charge in [-0.2, -0.15) is 0 Å². The van der Waals surface area contributed by atoms with Crippen molar-refractivity contribution in [2.24, 2.45) is 0 Å². The van der Waals surface area contributed by atoms with Gasteiger partial charge in [-0.15, -0.1) is 12.6 Å². The van der Waals surface area contributed by atoms with E-state index in [-0.39, 0.29) is 51.4 Å². The monoisotopic (exact) mass is 198 g/mol. The summed E-state index contributed by atoms with van der Waals surface area (Å²) in [5.74, 6) is 0. The van der Waals surface area contributed by atoms with E-state index in [1.807, 2.05) is 0 Å². The Morgan fingerprint density at radius 1 is 1.40 bits per heavy atom. The molecule has 0 aromatic heterocycles. The number of thiol groups is 1. The van der Waals surface area contributed by atoms with Crippen LogP contribution in [0.15, 0.2) is 23.1 Å². The fourth-order valence-electron chi connectivity index (χ4n) is 0.526. The molecule has 0 aliphatic heterocycles. The molecule has 1 aromatic rings. The van der Waals surface area contributed by atoms with Gasteiger partial charge in [0.15, 0.2) is 0 Å². The van der Waals surface area contributed by atoms with Crippen LogP contribution in [0.2, 0.25) is 5.02 Å². The molecule has 0 bridgehead atoms. The number of rotatable bonds is 0. The van der Waals surface area contributed by atoms with Crippen LogP contribution < -0.4 is 5.73 Å². The van der Waals surface area contributed by atoms with E-state index in [0.717, 1.165) is 4.90 Å². The summed E-state index contributed by atoms with van der Waals surface area (Å²) < 4.78 is 0. The second-order valence-electron chi connectivity index (χ2n) is 1.67. The van der Waals surface area contributed by atoms with Gasteiger partial charge >= 0.3 is 0 Å². The topological polar surface area (TPSA) is 26.0 Å². The Labute approximate surface area is 113 Å². The molecule has 10 heavy (non-hydrogen) atoms. The molecule has 0 aliphatic rings. The van der Waals surface area contributed by atoms with Crippen molar-refractivity contribution in [2.75, 3.05) is 5.73 Å². The van der Waals surface area contributed by atoms with Gasteiger partial charge in [0.05, 0.1) is 10.7 Å². The van der Waals surface area contributed by atoms with Crippen molar-refractivity contribution >= 4 is 81.3 Å².